The third-order valence-corrected chi connectivity index (χ3v) is 5.60. The van der Waals surface area contributed by atoms with Gasteiger partial charge in [-0.15, -0.1) is 0 Å². The first-order valence-electron chi connectivity index (χ1n) is 6.02. The molecule has 5 nitrogen and oxygen atoms in total. The summed E-state index contributed by atoms with van der Waals surface area (Å²) in [7, 11) is -2.81. The van der Waals surface area contributed by atoms with Crippen LogP contribution in [-0.2, 0) is 16.4 Å². The second kappa shape index (κ2) is 5.19. The Morgan fingerprint density at radius 1 is 1.50 bits per heavy atom. The highest BCUT2D eigenvalue weighted by atomic mass is 35.5. The van der Waals surface area contributed by atoms with Crippen molar-refractivity contribution < 1.29 is 8.42 Å². The van der Waals surface area contributed by atoms with Crippen molar-refractivity contribution in [1.82, 2.24) is 15.1 Å². The van der Waals surface area contributed by atoms with Gasteiger partial charge in [-0.2, -0.15) is 5.10 Å². The van der Waals surface area contributed by atoms with Crippen LogP contribution in [-0.4, -0.2) is 42.3 Å². The molecule has 0 saturated carbocycles. The van der Waals surface area contributed by atoms with E-state index in [9.17, 15) is 8.42 Å². The van der Waals surface area contributed by atoms with E-state index in [-0.39, 0.29) is 11.8 Å². The van der Waals surface area contributed by atoms with Gasteiger partial charge in [-0.1, -0.05) is 11.6 Å². The number of aryl methyl sites for hydroxylation is 1. The number of halogens is 1. The highest BCUT2D eigenvalue weighted by molar-refractivity contribution is 7.91. The van der Waals surface area contributed by atoms with Crippen LogP contribution >= 0.6 is 11.6 Å². The fourth-order valence-electron chi connectivity index (χ4n) is 2.22. The number of sulfone groups is 1. The normalized spacial score (nSPS) is 22.5. The largest absolute Gasteiger partial charge is 0.311 e. The lowest BCUT2D eigenvalue weighted by Crippen LogP contribution is -2.33. The molecule has 0 spiro atoms. The summed E-state index contributed by atoms with van der Waals surface area (Å²) in [4.78, 5) is 0. The first kappa shape index (κ1) is 13.8. The highest BCUT2D eigenvalue weighted by Gasteiger charge is 2.27. The number of aromatic nitrogens is 2. The van der Waals surface area contributed by atoms with Gasteiger partial charge in [0.15, 0.2) is 9.84 Å². The maximum Gasteiger partial charge on any atom is 0.151 e. The van der Waals surface area contributed by atoms with Crippen molar-refractivity contribution in [2.75, 3.05) is 18.1 Å². The first-order chi connectivity index (χ1) is 8.39. The van der Waals surface area contributed by atoms with E-state index in [1.165, 1.54) is 0 Å². The van der Waals surface area contributed by atoms with Gasteiger partial charge >= 0.3 is 0 Å². The predicted octanol–water partition coefficient (Wildman–Crippen LogP) is 0.930. The third-order valence-electron chi connectivity index (χ3n) is 3.28. The molecule has 18 heavy (non-hydrogen) atoms. The van der Waals surface area contributed by atoms with Crippen LogP contribution in [0.2, 0.25) is 5.02 Å². The minimum absolute atomic E-state index is 0.0856. The molecular formula is C11H18ClN3O2S. The van der Waals surface area contributed by atoms with Crippen LogP contribution in [0.5, 0.6) is 0 Å². The summed E-state index contributed by atoms with van der Waals surface area (Å²) in [5.41, 5.74) is 1.78. The molecule has 0 aromatic carbocycles. The summed E-state index contributed by atoms with van der Waals surface area (Å²) in [5.74, 6) is 0.557. The van der Waals surface area contributed by atoms with Crippen molar-refractivity contribution in [3.63, 3.8) is 0 Å². The van der Waals surface area contributed by atoms with E-state index in [2.05, 4.69) is 10.4 Å². The van der Waals surface area contributed by atoms with E-state index in [0.29, 0.717) is 30.3 Å². The molecule has 1 N–H and O–H groups in total. The first-order valence-corrected chi connectivity index (χ1v) is 8.22. The third kappa shape index (κ3) is 3.05. The Hall–Kier alpha value is -0.590. The fraction of sp³-hybridized carbons (Fsp3) is 0.727. The Morgan fingerprint density at radius 2 is 2.22 bits per heavy atom. The van der Waals surface area contributed by atoms with Crippen molar-refractivity contribution in [2.24, 2.45) is 0 Å². The highest BCUT2D eigenvalue weighted by Crippen LogP contribution is 2.18. The van der Waals surface area contributed by atoms with E-state index in [1.54, 1.807) is 0 Å². The summed E-state index contributed by atoms with van der Waals surface area (Å²) in [6.07, 6.45) is 0.709. The molecule has 1 aromatic rings. The number of hydrogen-bond donors (Lipinski definition) is 1. The average molecular weight is 292 g/mol. The van der Waals surface area contributed by atoms with Gasteiger partial charge in [0, 0.05) is 12.6 Å². The lowest BCUT2D eigenvalue weighted by Gasteiger charge is -2.11. The number of hydrogen-bond acceptors (Lipinski definition) is 4. The zero-order valence-corrected chi connectivity index (χ0v) is 12.2. The molecule has 7 heteroatoms. The maximum atomic E-state index is 11.3. The molecule has 1 aromatic heterocycles. The Balaban J connectivity index is 1.84. The molecule has 1 saturated heterocycles. The van der Waals surface area contributed by atoms with Crippen molar-refractivity contribution in [3.05, 3.63) is 16.4 Å². The molecule has 2 rings (SSSR count). The van der Waals surface area contributed by atoms with Gasteiger partial charge in [0.05, 0.1) is 34.5 Å². The Kier molecular flexibility index (Phi) is 3.99. The standard InChI is InChI=1S/C11H18ClN3O2S/c1-8-11(12)9(2)15(14-8)5-4-13-10-3-6-18(16,17)7-10/h10,13H,3-7H2,1-2H3. The fourth-order valence-corrected chi connectivity index (χ4v) is 4.07. The van der Waals surface area contributed by atoms with Crippen LogP contribution in [0.25, 0.3) is 0 Å². The summed E-state index contributed by atoms with van der Waals surface area (Å²) in [6.45, 7) is 5.22. The lowest BCUT2D eigenvalue weighted by molar-refractivity contribution is 0.493. The molecule has 1 aliphatic rings. The Morgan fingerprint density at radius 3 is 2.72 bits per heavy atom. The monoisotopic (exact) mass is 291 g/mol. The van der Waals surface area contributed by atoms with Gasteiger partial charge in [0.2, 0.25) is 0 Å². The van der Waals surface area contributed by atoms with Crippen molar-refractivity contribution in [1.29, 1.82) is 0 Å². The average Bonchev–Trinajstić information content (AvgIpc) is 2.75. The van der Waals surface area contributed by atoms with Crippen molar-refractivity contribution in [2.45, 2.75) is 32.9 Å². The van der Waals surface area contributed by atoms with E-state index in [4.69, 9.17) is 11.6 Å². The minimum Gasteiger partial charge on any atom is -0.311 e. The summed E-state index contributed by atoms with van der Waals surface area (Å²) in [6, 6.07) is 0.0856. The van der Waals surface area contributed by atoms with Gasteiger partial charge in [0.25, 0.3) is 0 Å². The SMILES string of the molecule is Cc1nn(CCNC2CCS(=O)(=O)C2)c(C)c1Cl. The second-order valence-corrected chi connectivity index (χ2v) is 7.37. The molecule has 1 fully saturated rings. The summed E-state index contributed by atoms with van der Waals surface area (Å²) < 4.78 is 24.5. The molecule has 0 amide bonds. The smallest absolute Gasteiger partial charge is 0.151 e. The van der Waals surface area contributed by atoms with Gasteiger partial charge in [-0.25, -0.2) is 8.42 Å². The minimum atomic E-state index is -2.81. The van der Waals surface area contributed by atoms with Crippen LogP contribution in [0.1, 0.15) is 17.8 Å². The van der Waals surface area contributed by atoms with E-state index >= 15 is 0 Å². The van der Waals surface area contributed by atoms with Crippen molar-refractivity contribution in [3.8, 4) is 0 Å². The van der Waals surface area contributed by atoms with E-state index < -0.39 is 9.84 Å². The van der Waals surface area contributed by atoms with Gasteiger partial charge in [0.1, 0.15) is 0 Å². The molecule has 2 heterocycles. The second-order valence-electron chi connectivity index (χ2n) is 4.76. The zero-order valence-electron chi connectivity index (χ0n) is 10.6. The molecule has 102 valence electrons. The Labute approximate surface area is 112 Å². The molecule has 0 radical (unpaired) electrons. The summed E-state index contributed by atoms with van der Waals surface area (Å²) >= 11 is 6.06. The van der Waals surface area contributed by atoms with Crippen LogP contribution in [0.3, 0.4) is 0 Å². The Bertz CT molecular complexity index is 539. The predicted molar refractivity (Wildman–Crippen MR) is 71.8 cm³/mol. The quantitative estimate of drug-likeness (QED) is 0.896. The van der Waals surface area contributed by atoms with E-state index in [0.717, 1.165) is 11.4 Å². The topological polar surface area (TPSA) is 64.0 Å². The molecule has 0 bridgehead atoms. The molecule has 0 aliphatic carbocycles. The maximum absolute atomic E-state index is 11.3. The molecule has 1 aliphatic heterocycles. The molecule has 1 unspecified atom stereocenters. The number of nitrogens with zero attached hydrogens (tertiary/aromatic N) is 2. The van der Waals surface area contributed by atoms with Crippen molar-refractivity contribution >= 4 is 21.4 Å². The molecular weight excluding hydrogens is 274 g/mol. The van der Waals surface area contributed by atoms with Crippen LogP contribution in [0.15, 0.2) is 0 Å². The van der Waals surface area contributed by atoms with Gasteiger partial charge in [-0.3, -0.25) is 4.68 Å². The number of rotatable bonds is 4. The van der Waals surface area contributed by atoms with Gasteiger partial charge in [-0.05, 0) is 20.3 Å². The zero-order chi connectivity index (χ0) is 13.3. The number of nitrogens with one attached hydrogen (secondary N) is 1. The summed E-state index contributed by atoms with van der Waals surface area (Å²) in [5, 5.41) is 8.29. The van der Waals surface area contributed by atoms with Gasteiger partial charge < -0.3 is 5.32 Å². The van der Waals surface area contributed by atoms with Crippen LogP contribution < -0.4 is 5.32 Å². The molecule has 1 atom stereocenters. The lowest BCUT2D eigenvalue weighted by atomic mass is 10.2. The van der Waals surface area contributed by atoms with Crippen LogP contribution in [0.4, 0.5) is 0 Å². The van der Waals surface area contributed by atoms with Crippen LogP contribution in [0, 0.1) is 13.8 Å². The van der Waals surface area contributed by atoms with E-state index in [1.807, 2.05) is 18.5 Å².